The molecule has 2 amide bonds. The topological polar surface area (TPSA) is 104 Å². The minimum absolute atomic E-state index is 0.0723. The van der Waals surface area contributed by atoms with Crippen molar-refractivity contribution in [3.05, 3.63) is 57.0 Å². The molecule has 1 saturated heterocycles. The molecular formula is C16H15N3O5S. The molecule has 3 rings (SSSR count). The third-order valence-electron chi connectivity index (χ3n) is 3.97. The van der Waals surface area contributed by atoms with Gasteiger partial charge in [-0.05, 0) is 18.2 Å². The van der Waals surface area contributed by atoms with E-state index < -0.39 is 4.92 Å². The van der Waals surface area contributed by atoms with Gasteiger partial charge < -0.3 is 14.9 Å². The van der Waals surface area contributed by atoms with Crippen LogP contribution in [0.5, 0.6) is 5.75 Å². The number of hydrogen-bond acceptors (Lipinski definition) is 6. The number of carbonyl (C=O) groups is 2. The number of phenols is 1. The molecule has 1 aromatic carbocycles. The second-order valence-electron chi connectivity index (χ2n) is 5.50. The van der Waals surface area contributed by atoms with Crippen LogP contribution >= 0.6 is 11.3 Å². The summed E-state index contributed by atoms with van der Waals surface area (Å²) in [5.41, 5.74) is 0.233. The Kier molecular flexibility index (Phi) is 4.66. The van der Waals surface area contributed by atoms with E-state index >= 15 is 0 Å². The Hall–Kier alpha value is -2.94. The molecule has 1 aliphatic rings. The minimum atomic E-state index is -0.523. The van der Waals surface area contributed by atoms with Crippen LogP contribution in [-0.4, -0.2) is 57.8 Å². The number of hydrogen-bond donors (Lipinski definition) is 1. The Bertz CT molecular complexity index is 827. The maximum absolute atomic E-state index is 12.4. The van der Waals surface area contributed by atoms with E-state index in [9.17, 15) is 24.8 Å². The van der Waals surface area contributed by atoms with E-state index in [-0.39, 0.29) is 28.1 Å². The van der Waals surface area contributed by atoms with Crippen molar-refractivity contribution in [3.8, 4) is 5.75 Å². The van der Waals surface area contributed by atoms with E-state index in [2.05, 4.69) is 0 Å². The van der Waals surface area contributed by atoms with Gasteiger partial charge in [0.1, 0.15) is 5.75 Å². The highest BCUT2D eigenvalue weighted by molar-refractivity contribution is 7.17. The molecule has 1 N–H and O–H groups in total. The summed E-state index contributed by atoms with van der Waals surface area (Å²) in [4.78, 5) is 38.5. The van der Waals surface area contributed by atoms with Gasteiger partial charge in [-0.1, -0.05) is 23.5 Å². The van der Waals surface area contributed by atoms with E-state index in [0.717, 1.165) is 11.3 Å². The molecule has 0 aliphatic carbocycles. The van der Waals surface area contributed by atoms with Crippen molar-refractivity contribution in [1.82, 2.24) is 9.80 Å². The number of phenolic OH excluding ortho intramolecular Hbond substituents is 1. The van der Waals surface area contributed by atoms with Gasteiger partial charge in [-0.15, -0.1) is 0 Å². The van der Waals surface area contributed by atoms with Gasteiger partial charge in [0, 0.05) is 32.2 Å². The lowest BCUT2D eigenvalue weighted by Crippen LogP contribution is -2.50. The molecule has 0 atom stereocenters. The Labute approximate surface area is 147 Å². The number of nitro groups is 1. The largest absolute Gasteiger partial charge is 0.507 e. The molecule has 0 bridgehead atoms. The Morgan fingerprint density at radius 2 is 1.60 bits per heavy atom. The lowest BCUT2D eigenvalue weighted by atomic mass is 10.1. The quantitative estimate of drug-likeness (QED) is 0.665. The van der Waals surface area contributed by atoms with Crippen LogP contribution in [0.2, 0.25) is 0 Å². The highest BCUT2D eigenvalue weighted by Crippen LogP contribution is 2.25. The van der Waals surface area contributed by atoms with Gasteiger partial charge in [0.2, 0.25) is 0 Å². The zero-order valence-electron chi connectivity index (χ0n) is 13.1. The zero-order chi connectivity index (χ0) is 18.0. The van der Waals surface area contributed by atoms with Crippen LogP contribution < -0.4 is 0 Å². The van der Waals surface area contributed by atoms with Gasteiger partial charge in [-0.3, -0.25) is 19.7 Å². The molecule has 0 unspecified atom stereocenters. The predicted molar refractivity (Wildman–Crippen MR) is 90.9 cm³/mol. The molecule has 130 valence electrons. The van der Waals surface area contributed by atoms with E-state index in [0.29, 0.717) is 31.1 Å². The summed E-state index contributed by atoms with van der Waals surface area (Å²) in [6.45, 7) is 1.35. The van der Waals surface area contributed by atoms with Crippen LogP contribution in [0, 0.1) is 10.1 Å². The van der Waals surface area contributed by atoms with Crippen LogP contribution in [0.3, 0.4) is 0 Å². The average Bonchev–Trinajstić information content (AvgIpc) is 3.11. The summed E-state index contributed by atoms with van der Waals surface area (Å²) in [6.07, 6.45) is 0. The van der Waals surface area contributed by atoms with Crippen molar-refractivity contribution >= 4 is 28.2 Å². The first kappa shape index (κ1) is 16.9. The number of thiophene rings is 1. The van der Waals surface area contributed by atoms with Crippen LogP contribution in [0.25, 0.3) is 0 Å². The highest BCUT2D eigenvalue weighted by atomic mass is 32.1. The number of piperazine rings is 1. The predicted octanol–water partition coefficient (Wildman–Crippen LogP) is 1.96. The van der Waals surface area contributed by atoms with E-state index in [1.165, 1.54) is 18.2 Å². The highest BCUT2D eigenvalue weighted by Gasteiger charge is 2.28. The van der Waals surface area contributed by atoms with Gasteiger partial charge in [-0.25, -0.2) is 0 Å². The maximum Gasteiger partial charge on any atom is 0.324 e. The molecule has 0 radical (unpaired) electrons. The third kappa shape index (κ3) is 3.45. The lowest BCUT2D eigenvalue weighted by molar-refractivity contribution is -0.380. The van der Waals surface area contributed by atoms with Gasteiger partial charge in [-0.2, -0.15) is 0 Å². The van der Waals surface area contributed by atoms with Crippen molar-refractivity contribution in [3.63, 3.8) is 0 Å². The number of amides is 2. The van der Waals surface area contributed by atoms with Gasteiger partial charge in [0.15, 0.2) is 0 Å². The molecule has 0 spiro atoms. The average molecular weight is 361 g/mol. The van der Waals surface area contributed by atoms with Crippen molar-refractivity contribution in [2.45, 2.75) is 0 Å². The second-order valence-corrected chi connectivity index (χ2v) is 6.56. The molecule has 0 saturated carbocycles. The number of benzene rings is 1. The number of nitrogens with zero attached hydrogens (tertiary/aromatic N) is 3. The summed E-state index contributed by atoms with van der Waals surface area (Å²) in [6, 6.07) is 9.09. The molecule has 25 heavy (non-hydrogen) atoms. The summed E-state index contributed by atoms with van der Waals surface area (Å²) < 4.78 is 0. The van der Waals surface area contributed by atoms with E-state index in [1.54, 1.807) is 28.0 Å². The monoisotopic (exact) mass is 361 g/mol. The summed E-state index contributed by atoms with van der Waals surface area (Å²) in [5, 5.41) is 20.4. The standard InChI is InChI=1S/C16H15N3O5S/c20-12-4-2-1-3-11(12)15(21)17-7-9-18(10-8-17)16(22)13-5-6-14(25-13)19(23)24/h1-6,20H,7-10H2. The summed E-state index contributed by atoms with van der Waals surface area (Å²) in [7, 11) is 0. The van der Waals surface area contributed by atoms with Gasteiger partial charge in [0.25, 0.3) is 11.8 Å². The SMILES string of the molecule is O=C(c1ccc([N+](=O)[O-])s1)N1CCN(C(=O)c2ccccc2O)CC1. The fraction of sp³-hybridized carbons (Fsp3) is 0.250. The molecule has 1 fully saturated rings. The molecule has 1 aliphatic heterocycles. The first-order chi connectivity index (χ1) is 12.0. The minimum Gasteiger partial charge on any atom is -0.507 e. The van der Waals surface area contributed by atoms with E-state index in [4.69, 9.17) is 0 Å². The second kappa shape index (κ2) is 6.89. The first-order valence-electron chi connectivity index (χ1n) is 7.58. The Morgan fingerprint density at radius 3 is 2.16 bits per heavy atom. The number of carbonyl (C=O) groups excluding carboxylic acids is 2. The van der Waals surface area contributed by atoms with Crippen LogP contribution in [0.1, 0.15) is 20.0 Å². The van der Waals surface area contributed by atoms with Gasteiger partial charge in [0.05, 0.1) is 15.4 Å². The van der Waals surface area contributed by atoms with Crippen molar-refractivity contribution in [2.75, 3.05) is 26.2 Å². The number of para-hydroxylation sites is 1. The summed E-state index contributed by atoms with van der Waals surface area (Å²) >= 11 is 0.845. The molecular weight excluding hydrogens is 346 g/mol. The number of rotatable bonds is 3. The third-order valence-corrected chi connectivity index (χ3v) is 5.00. The maximum atomic E-state index is 12.4. The molecule has 1 aromatic heterocycles. The normalized spacial score (nSPS) is 14.4. The number of aromatic hydroxyl groups is 1. The van der Waals surface area contributed by atoms with Crippen LogP contribution in [-0.2, 0) is 0 Å². The van der Waals surface area contributed by atoms with Crippen LogP contribution in [0.4, 0.5) is 5.00 Å². The molecule has 8 nitrogen and oxygen atoms in total. The van der Waals surface area contributed by atoms with E-state index in [1.807, 2.05) is 0 Å². The smallest absolute Gasteiger partial charge is 0.324 e. The molecule has 2 heterocycles. The van der Waals surface area contributed by atoms with Crippen molar-refractivity contribution < 1.29 is 19.6 Å². The van der Waals surface area contributed by atoms with Crippen molar-refractivity contribution in [1.29, 1.82) is 0 Å². The summed E-state index contributed by atoms with van der Waals surface area (Å²) in [5.74, 6) is -0.624. The van der Waals surface area contributed by atoms with Crippen LogP contribution in [0.15, 0.2) is 36.4 Å². The fourth-order valence-corrected chi connectivity index (χ4v) is 3.42. The molecule has 2 aromatic rings. The van der Waals surface area contributed by atoms with Gasteiger partial charge >= 0.3 is 5.00 Å². The first-order valence-corrected chi connectivity index (χ1v) is 8.40. The zero-order valence-corrected chi connectivity index (χ0v) is 13.9. The molecule has 9 heteroatoms. The Morgan fingerprint density at radius 1 is 1.00 bits per heavy atom. The fourth-order valence-electron chi connectivity index (χ4n) is 2.63. The van der Waals surface area contributed by atoms with Crippen molar-refractivity contribution in [2.24, 2.45) is 0 Å². The Balaban J connectivity index is 1.63. The lowest BCUT2D eigenvalue weighted by Gasteiger charge is -2.34.